The standard InChI is InChI=1S/C11H13ClN4/c1-5-4-8(5)10-14-11-6(2)13-9(12)7(3)16(11)15-10/h5,8H,4H2,1-3H3. The average molecular weight is 237 g/mol. The zero-order valence-corrected chi connectivity index (χ0v) is 10.3. The summed E-state index contributed by atoms with van der Waals surface area (Å²) in [5.74, 6) is 2.17. The van der Waals surface area contributed by atoms with Crippen molar-refractivity contribution in [3.05, 3.63) is 22.4 Å². The van der Waals surface area contributed by atoms with Crippen LogP contribution in [-0.2, 0) is 0 Å². The highest BCUT2D eigenvalue weighted by Gasteiger charge is 2.37. The molecule has 0 spiro atoms. The Morgan fingerprint density at radius 1 is 1.31 bits per heavy atom. The first kappa shape index (κ1) is 10.0. The molecule has 1 saturated carbocycles. The summed E-state index contributed by atoms with van der Waals surface area (Å²) in [4.78, 5) is 8.81. The van der Waals surface area contributed by atoms with Crippen molar-refractivity contribution in [2.75, 3.05) is 0 Å². The molecule has 0 aliphatic heterocycles. The number of aromatic nitrogens is 4. The molecule has 2 heterocycles. The summed E-state index contributed by atoms with van der Waals surface area (Å²) in [5, 5.41) is 5.03. The Labute approximate surface area is 98.7 Å². The Morgan fingerprint density at radius 2 is 2.00 bits per heavy atom. The molecule has 1 fully saturated rings. The van der Waals surface area contributed by atoms with Crippen LogP contribution < -0.4 is 0 Å². The first-order chi connectivity index (χ1) is 7.58. The minimum absolute atomic E-state index is 0.505. The summed E-state index contributed by atoms with van der Waals surface area (Å²) in [6.45, 7) is 6.05. The quantitative estimate of drug-likeness (QED) is 0.764. The first-order valence-corrected chi connectivity index (χ1v) is 5.85. The molecule has 5 heteroatoms. The monoisotopic (exact) mass is 236 g/mol. The Balaban J connectivity index is 2.23. The number of nitrogens with zero attached hydrogens (tertiary/aromatic N) is 4. The smallest absolute Gasteiger partial charge is 0.177 e. The van der Waals surface area contributed by atoms with E-state index in [1.165, 1.54) is 6.42 Å². The van der Waals surface area contributed by atoms with Gasteiger partial charge in [0.1, 0.15) is 0 Å². The highest BCUT2D eigenvalue weighted by Crippen LogP contribution is 2.45. The lowest BCUT2D eigenvalue weighted by Gasteiger charge is -2.01. The number of hydrogen-bond acceptors (Lipinski definition) is 3. The molecule has 1 aliphatic rings. The third-order valence-electron chi connectivity index (χ3n) is 3.27. The summed E-state index contributed by atoms with van der Waals surface area (Å²) < 4.78 is 1.81. The van der Waals surface area contributed by atoms with E-state index in [2.05, 4.69) is 22.0 Å². The van der Waals surface area contributed by atoms with E-state index >= 15 is 0 Å². The van der Waals surface area contributed by atoms with E-state index in [0.717, 1.165) is 22.9 Å². The van der Waals surface area contributed by atoms with Gasteiger partial charge in [-0.15, -0.1) is 0 Å². The van der Waals surface area contributed by atoms with Gasteiger partial charge in [0.2, 0.25) is 0 Å². The summed E-state index contributed by atoms with van der Waals surface area (Å²) in [6.07, 6.45) is 1.19. The van der Waals surface area contributed by atoms with Gasteiger partial charge in [-0.25, -0.2) is 14.5 Å². The van der Waals surface area contributed by atoms with Crippen molar-refractivity contribution in [1.29, 1.82) is 0 Å². The van der Waals surface area contributed by atoms with Gasteiger partial charge in [-0.05, 0) is 26.2 Å². The molecule has 2 unspecified atom stereocenters. The molecule has 2 aromatic rings. The maximum atomic E-state index is 6.03. The van der Waals surface area contributed by atoms with Crippen LogP contribution in [0, 0.1) is 19.8 Å². The molecular weight excluding hydrogens is 224 g/mol. The summed E-state index contributed by atoms with van der Waals surface area (Å²) in [6, 6.07) is 0. The second-order valence-electron chi connectivity index (χ2n) is 4.60. The molecule has 0 amide bonds. The van der Waals surface area contributed by atoms with Crippen LogP contribution in [0.4, 0.5) is 0 Å². The lowest BCUT2D eigenvalue weighted by Crippen LogP contribution is -1.99. The lowest BCUT2D eigenvalue weighted by molar-refractivity contribution is 0.810. The van der Waals surface area contributed by atoms with Crippen LogP contribution >= 0.6 is 11.6 Å². The van der Waals surface area contributed by atoms with Crippen molar-refractivity contribution >= 4 is 17.2 Å². The van der Waals surface area contributed by atoms with Gasteiger partial charge in [0.15, 0.2) is 16.6 Å². The molecule has 0 radical (unpaired) electrons. The first-order valence-electron chi connectivity index (χ1n) is 5.47. The molecule has 0 bridgehead atoms. The van der Waals surface area contributed by atoms with Crippen LogP contribution in [-0.4, -0.2) is 19.6 Å². The third kappa shape index (κ3) is 1.33. The summed E-state index contributed by atoms with van der Waals surface area (Å²) in [5.41, 5.74) is 2.52. The molecular formula is C11H13ClN4. The van der Waals surface area contributed by atoms with Crippen molar-refractivity contribution in [2.24, 2.45) is 5.92 Å². The highest BCUT2D eigenvalue weighted by atomic mass is 35.5. The topological polar surface area (TPSA) is 43.1 Å². The van der Waals surface area contributed by atoms with Gasteiger partial charge in [-0.3, -0.25) is 0 Å². The van der Waals surface area contributed by atoms with Crippen molar-refractivity contribution in [3.8, 4) is 0 Å². The molecule has 0 aromatic carbocycles. The molecule has 4 nitrogen and oxygen atoms in total. The van der Waals surface area contributed by atoms with E-state index in [4.69, 9.17) is 11.6 Å². The van der Waals surface area contributed by atoms with Crippen LogP contribution in [0.1, 0.15) is 36.5 Å². The fourth-order valence-corrected chi connectivity index (χ4v) is 2.21. The Bertz CT molecular complexity index is 575. The van der Waals surface area contributed by atoms with Crippen LogP contribution in [0.5, 0.6) is 0 Å². The van der Waals surface area contributed by atoms with Crippen LogP contribution in [0.2, 0.25) is 5.15 Å². The van der Waals surface area contributed by atoms with Gasteiger partial charge in [-0.2, -0.15) is 5.10 Å². The molecule has 84 valence electrons. The van der Waals surface area contributed by atoms with E-state index in [1.54, 1.807) is 0 Å². The van der Waals surface area contributed by atoms with Crippen molar-refractivity contribution < 1.29 is 0 Å². The maximum Gasteiger partial charge on any atom is 0.177 e. The predicted molar refractivity (Wildman–Crippen MR) is 61.8 cm³/mol. The summed E-state index contributed by atoms with van der Waals surface area (Å²) >= 11 is 6.03. The zero-order valence-electron chi connectivity index (χ0n) is 9.53. The lowest BCUT2D eigenvalue weighted by atomic mass is 10.3. The van der Waals surface area contributed by atoms with Crippen molar-refractivity contribution in [2.45, 2.75) is 33.1 Å². The average Bonchev–Trinajstić information content (AvgIpc) is 2.80. The molecule has 1 aliphatic carbocycles. The predicted octanol–water partition coefficient (Wildman–Crippen LogP) is 2.52. The number of hydrogen-bond donors (Lipinski definition) is 0. The van der Waals surface area contributed by atoms with E-state index < -0.39 is 0 Å². The molecule has 0 N–H and O–H groups in total. The minimum atomic E-state index is 0.505. The van der Waals surface area contributed by atoms with E-state index in [-0.39, 0.29) is 0 Å². The number of fused-ring (bicyclic) bond motifs is 1. The van der Waals surface area contributed by atoms with Crippen molar-refractivity contribution in [3.63, 3.8) is 0 Å². The molecule has 16 heavy (non-hydrogen) atoms. The van der Waals surface area contributed by atoms with Gasteiger partial charge < -0.3 is 0 Å². The SMILES string of the molecule is Cc1nc(Cl)c(C)n2nc(C3CC3C)nc12. The second kappa shape index (κ2) is 3.17. The highest BCUT2D eigenvalue weighted by molar-refractivity contribution is 6.30. The number of rotatable bonds is 1. The van der Waals surface area contributed by atoms with Crippen LogP contribution in [0.25, 0.3) is 5.65 Å². The Kier molecular flexibility index (Phi) is 1.98. The number of aryl methyl sites for hydroxylation is 2. The van der Waals surface area contributed by atoms with E-state index in [0.29, 0.717) is 17.0 Å². The van der Waals surface area contributed by atoms with Crippen LogP contribution in [0.3, 0.4) is 0 Å². The Morgan fingerprint density at radius 3 is 2.62 bits per heavy atom. The fourth-order valence-electron chi connectivity index (χ4n) is 2.00. The molecule has 2 atom stereocenters. The van der Waals surface area contributed by atoms with Gasteiger partial charge in [0, 0.05) is 5.92 Å². The molecule has 3 rings (SSSR count). The van der Waals surface area contributed by atoms with Crippen molar-refractivity contribution in [1.82, 2.24) is 19.6 Å². The Hall–Kier alpha value is -1.16. The van der Waals surface area contributed by atoms with E-state index in [9.17, 15) is 0 Å². The van der Waals surface area contributed by atoms with Gasteiger partial charge >= 0.3 is 0 Å². The van der Waals surface area contributed by atoms with E-state index in [1.807, 2.05) is 18.4 Å². The third-order valence-corrected chi connectivity index (χ3v) is 3.63. The normalized spacial score (nSPS) is 24.0. The van der Waals surface area contributed by atoms with Crippen LogP contribution in [0.15, 0.2) is 0 Å². The molecule has 2 aromatic heterocycles. The minimum Gasteiger partial charge on any atom is -0.236 e. The summed E-state index contributed by atoms with van der Waals surface area (Å²) in [7, 11) is 0. The largest absolute Gasteiger partial charge is 0.236 e. The fraction of sp³-hybridized carbons (Fsp3) is 0.545. The van der Waals surface area contributed by atoms with Gasteiger partial charge in [0.05, 0.1) is 11.4 Å². The molecule has 0 saturated heterocycles. The zero-order chi connectivity index (χ0) is 11.4. The maximum absolute atomic E-state index is 6.03. The second-order valence-corrected chi connectivity index (χ2v) is 4.96. The number of halogens is 1. The van der Waals surface area contributed by atoms with Gasteiger partial charge in [-0.1, -0.05) is 18.5 Å². The van der Waals surface area contributed by atoms with Gasteiger partial charge in [0.25, 0.3) is 0 Å².